The van der Waals surface area contributed by atoms with Gasteiger partial charge in [-0.15, -0.1) is 0 Å². The molecular formula is C21H28FN7O. The van der Waals surface area contributed by atoms with Crippen LogP contribution in [-0.2, 0) is 17.7 Å². The Balaban J connectivity index is 1.81. The summed E-state index contributed by atoms with van der Waals surface area (Å²) < 4.78 is 21.2. The fourth-order valence-electron chi connectivity index (χ4n) is 3.62. The fourth-order valence-corrected chi connectivity index (χ4v) is 3.62. The molecule has 3 aromatic rings. The Hall–Kier alpha value is -2.78. The molecule has 1 saturated heterocycles. The van der Waals surface area contributed by atoms with E-state index in [-0.39, 0.29) is 5.82 Å². The van der Waals surface area contributed by atoms with E-state index >= 15 is 0 Å². The summed E-state index contributed by atoms with van der Waals surface area (Å²) in [7, 11) is 0. The second-order valence-corrected chi connectivity index (χ2v) is 7.16. The van der Waals surface area contributed by atoms with Gasteiger partial charge in [-0.25, -0.2) is 9.37 Å². The number of hydrogen-bond acceptors (Lipinski definition) is 7. The predicted molar refractivity (Wildman–Crippen MR) is 116 cm³/mol. The minimum Gasteiger partial charge on any atom is -0.380 e. The van der Waals surface area contributed by atoms with Gasteiger partial charge in [0.25, 0.3) is 0 Å². The van der Waals surface area contributed by atoms with Gasteiger partial charge >= 0.3 is 0 Å². The molecular weight excluding hydrogens is 385 g/mol. The zero-order valence-electron chi connectivity index (χ0n) is 17.5. The zero-order chi connectivity index (χ0) is 20.9. The number of anilines is 3. The van der Waals surface area contributed by atoms with Crippen molar-refractivity contribution in [3.8, 4) is 0 Å². The predicted octanol–water partition coefficient (Wildman–Crippen LogP) is 2.72. The first-order chi connectivity index (χ1) is 14.7. The van der Waals surface area contributed by atoms with Crippen molar-refractivity contribution in [1.29, 1.82) is 0 Å². The van der Waals surface area contributed by atoms with Crippen LogP contribution in [0, 0.1) is 5.82 Å². The molecule has 2 N–H and O–H groups in total. The molecule has 30 heavy (non-hydrogen) atoms. The van der Waals surface area contributed by atoms with Crippen LogP contribution in [0.25, 0.3) is 11.0 Å². The minimum atomic E-state index is -0.299. The number of piperazine rings is 1. The van der Waals surface area contributed by atoms with Gasteiger partial charge in [-0.05, 0) is 31.5 Å². The van der Waals surface area contributed by atoms with Gasteiger partial charge in [0.05, 0.1) is 18.8 Å². The molecule has 0 amide bonds. The maximum absolute atomic E-state index is 13.8. The van der Waals surface area contributed by atoms with E-state index < -0.39 is 0 Å². The van der Waals surface area contributed by atoms with Crippen molar-refractivity contribution in [2.24, 2.45) is 0 Å². The average Bonchev–Trinajstić information content (AvgIpc) is 3.12. The number of nitrogens with zero attached hydrogens (tertiary/aromatic N) is 5. The van der Waals surface area contributed by atoms with Crippen LogP contribution in [0.5, 0.6) is 0 Å². The number of hydrogen-bond donors (Lipinski definition) is 2. The van der Waals surface area contributed by atoms with E-state index in [1.807, 2.05) is 17.7 Å². The van der Waals surface area contributed by atoms with Crippen molar-refractivity contribution < 1.29 is 9.13 Å². The van der Waals surface area contributed by atoms with Crippen LogP contribution in [0.4, 0.5) is 21.8 Å². The molecule has 0 bridgehead atoms. The summed E-state index contributed by atoms with van der Waals surface area (Å²) in [5.74, 6) is 0.997. The molecule has 1 aromatic carbocycles. The zero-order valence-corrected chi connectivity index (χ0v) is 17.5. The fraction of sp³-hybridized carbons (Fsp3) is 0.476. The third-order valence-electron chi connectivity index (χ3n) is 5.12. The molecule has 0 aliphatic carbocycles. The highest BCUT2D eigenvalue weighted by Crippen LogP contribution is 2.29. The van der Waals surface area contributed by atoms with E-state index in [0.29, 0.717) is 37.2 Å². The van der Waals surface area contributed by atoms with Crippen molar-refractivity contribution in [1.82, 2.24) is 25.1 Å². The Bertz CT molecular complexity index is 1000. The van der Waals surface area contributed by atoms with Crippen LogP contribution in [0.1, 0.15) is 19.5 Å². The van der Waals surface area contributed by atoms with Gasteiger partial charge in [-0.3, -0.25) is 4.68 Å². The quantitative estimate of drug-likeness (QED) is 0.550. The Morgan fingerprint density at radius 2 is 2.03 bits per heavy atom. The molecule has 1 aliphatic heterocycles. The molecule has 3 heterocycles. The summed E-state index contributed by atoms with van der Waals surface area (Å²) in [6, 6.07) is 6.38. The lowest BCUT2D eigenvalue weighted by Gasteiger charge is -2.27. The van der Waals surface area contributed by atoms with Gasteiger partial charge in [0.1, 0.15) is 16.9 Å². The number of aryl methyl sites for hydroxylation is 1. The largest absolute Gasteiger partial charge is 0.380 e. The highest BCUT2D eigenvalue weighted by atomic mass is 19.1. The number of ether oxygens (including phenoxy) is 1. The van der Waals surface area contributed by atoms with E-state index in [2.05, 4.69) is 22.5 Å². The second kappa shape index (κ2) is 9.36. The molecule has 1 fully saturated rings. The summed E-state index contributed by atoms with van der Waals surface area (Å²) in [6.07, 6.45) is 0.759. The van der Waals surface area contributed by atoms with Gasteiger partial charge in [-0.1, -0.05) is 13.0 Å². The van der Waals surface area contributed by atoms with Gasteiger partial charge in [-0.2, -0.15) is 10.1 Å². The van der Waals surface area contributed by atoms with E-state index in [0.717, 1.165) is 49.3 Å². The van der Waals surface area contributed by atoms with Crippen LogP contribution in [0.3, 0.4) is 0 Å². The SMILES string of the molecule is CCOCCn1nc(CC)c2nc(N3CCNCC3)nc(Nc3cccc(F)c3)c21. The Morgan fingerprint density at radius 3 is 2.77 bits per heavy atom. The summed E-state index contributed by atoms with van der Waals surface area (Å²) in [5, 5.41) is 11.4. The molecule has 0 radical (unpaired) electrons. The van der Waals surface area contributed by atoms with Gasteiger partial charge in [0.15, 0.2) is 5.82 Å². The number of halogens is 1. The number of nitrogens with one attached hydrogen (secondary N) is 2. The van der Waals surface area contributed by atoms with Crippen LogP contribution < -0.4 is 15.5 Å². The number of rotatable bonds is 8. The molecule has 9 heteroatoms. The normalized spacial score (nSPS) is 14.4. The first-order valence-corrected chi connectivity index (χ1v) is 10.5. The molecule has 0 spiro atoms. The number of benzene rings is 1. The summed E-state index contributed by atoms with van der Waals surface area (Å²) >= 11 is 0. The number of fused-ring (bicyclic) bond motifs is 1. The highest BCUT2D eigenvalue weighted by molar-refractivity contribution is 5.90. The third kappa shape index (κ3) is 4.36. The lowest BCUT2D eigenvalue weighted by molar-refractivity contribution is 0.137. The molecule has 2 aromatic heterocycles. The molecule has 160 valence electrons. The van der Waals surface area contributed by atoms with Crippen molar-refractivity contribution in [3.05, 3.63) is 35.8 Å². The lowest BCUT2D eigenvalue weighted by Crippen LogP contribution is -2.44. The molecule has 4 rings (SSSR count). The summed E-state index contributed by atoms with van der Waals surface area (Å²) in [5.41, 5.74) is 3.20. The number of aromatic nitrogens is 4. The maximum Gasteiger partial charge on any atom is 0.228 e. The van der Waals surface area contributed by atoms with Crippen LogP contribution in [-0.4, -0.2) is 59.1 Å². The van der Waals surface area contributed by atoms with Crippen LogP contribution in [0.15, 0.2) is 24.3 Å². The van der Waals surface area contributed by atoms with Crippen molar-refractivity contribution in [3.63, 3.8) is 0 Å². The van der Waals surface area contributed by atoms with Gasteiger partial charge in [0, 0.05) is 38.5 Å². The topological polar surface area (TPSA) is 80.1 Å². The smallest absolute Gasteiger partial charge is 0.228 e. The molecule has 0 atom stereocenters. The highest BCUT2D eigenvalue weighted by Gasteiger charge is 2.21. The van der Waals surface area contributed by atoms with E-state index in [1.54, 1.807) is 6.07 Å². The Morgan fingerprint density at radius 1 is 1.20 bits per heavy atom. The monoisotopic (exact) mass is 413 g/mol. The first kappa shape index (κ1) is 20.5. The first-order valence-electron chi connectivity index (χ1n) is 10.5. The maximum atomic E-state index is 13.8. The minimum absolute atomic E-state index is 0.299. The van der Waals surface area contributed by atoms with Crippen LogP contribution in [0.2, 0.25) is 0 Å². The standard InChI is InChI=1S/C21H28FN7O/c1-3-17-18-19(29(27-17)12-13-30-4-2)20(24-16-7-5-6-15(22)14-16)26-21(25-18)28-10-8-23-9-11-28/h5-7,14,23H,3-4,8-13H2,1-2H3,(H,24,25,26). The Kier molecular flexibility index (Phi) is 6.39. The van der Waals surface area contributed by atoms with Crippen molar-refractivity contribution in [2.75, 3.05) is 49.6 Å². The second-order valence-electron chi connectivity index (χ2n) is 7.16. The molecule has 0 saturated carbocycles. The summed E-state index contributed by atoms with van der Waals surface area (Å²) in [6.45, 7) is 9.30. The van der Waals surface area contributed by atoms with Crippen LogP contribution >= 0.6 is 0 Å². The third-order valence-corrected chi connectivity index (χ3v) is 5.12. The van der Waals surface area contributed by atoms with Crippen molar-refractivity contribution in [2.45, 2.75) is 26.8 Å². The lowest BCUT2D eigenvalue weighted by atomic mass is 10.2. The van der Waals surface area contributed by atoms with Gasteiger partial charge < -0.3 is 20.3 Å². The molecule has 8 nitrogen and oxygen atoms in total. The average molecular weight is 414 g/mol. The Labute approximate surface area is 175 Å². The van der Waals surface area contributed by atoms with E-state index in [1.165, 1.54) is 12.1 Å². The molecule has 0 unspecified atom stereocenters. The van der Waals surface area contributed by atoms with Crippen molar-refractivity contribution >= 4 is 28.5 Å². The van der Waals surface area contributed by atoms with E-state index in [4.69, 9.17) is 19.8 Å². The van der Waals surface area contributed by atoms with Gasteiger partial charge in [0.2, 0.25) is 5.95 Å². The van der Waals surface area contributed by atoms with E-state index in [9.17, 15) is 4.39 Å². The molecule has 1 aliphatic rings. The summed E-state index contributed by atoms with van der Waals surface area (Å²) in [4.78, 5) is 11.9.